The number of nitrogens with zero attached hydrogens (tertiary/aromatic N) is 4. The molecule has 10 heteroatoms. The average Bonchev–Trinajstić information content (AvgIpc) is 2.85. The van der Waals surface area contributed by atoms with Gasteiger partial charge in [-0.05, 0) is 56.8 Å². The van der Waals surface area contributed by atoms with Crippen molar-refractivity contribution in [1.29, 1.82) is 0 Å². The number of pyridine rings is 1. The second-order valence-corrected chi connectivity index (χ2v) is 9.74. The third-order valence-corrected chi connectivity index (χ3v) is 7.12. The number of benzene rings is 1. The Morgan fingerprint density at radius 1 is 1.11 bits per heavy atom. The van der Waals surface area contributed by atoms with Crippen molar-refractivity contribution < 1.29 is 22.4 Å². The summed E-state index contributed by atoms with van der Waals surface area (Å²) in [5.74, 6) is -0.543. The normalized spacial score (nSPS) is 20.0. The van der Waals surface area contributed by atoms with Crippen LogP contribution in [-0.4, -0.2) is 66.1 Å². The summed E-state index contributed by atoms with van der Waals surface area (Å²) in [6, 6.07) is 10.5. The highest BCUT2D eigenvalue weighted by Crippen LogP contribution is 2.31. The molecule has 196 valence electrons. The molecular formula is C26H33F4N5O. The van der Waals surface area contributed by atoms with Crippen LogP contribution in [0.4, 0.5) is 28.2 Å². The molecule has 0 radical (unpaired) electrons. The molecule has 2 amide bonds. The maximum Gasteiger partial charge on any atom is 0.417 e. The summed E-state index contributed by atoms with van der Waals surface area (Å²) in [5, 5.41) is 3.01. The highest BCUT2D eigenvalue weighted by Gasteiger charge is 2.34. The minimum atomic E-state index is -4.64. The number of piperazine rings is 1. The molecule has 2 fully saturated rings. The Morgan fingerprint density at radius 2 is 1.83 bits per heavy atom. The molecule has 2 saturated heterocycles. The molecule has 0 unspecified atom stereocenters. The van der Waals surface area contributed by atoms with Gasteiger partial charge in [0.1, 0.15) is 0 Å². The van der Waals surface area contributed by atoms with Crippen LogP contribution in [0.1, 0.15) is 37.3 Å². The van der Waals surface area contributed by atoms with Crippen molar-refractivity contribution in [3.8, 4) is 0 Å². The zero-order valence-corrected chi connectivity index (χ0v) is 20.5. The lowest BCUT2D eigenvalue weighted by atomic mass is 9.93. The van der Waals surface area contributed by atoms with Crippen molar-refractivity contribution >= 4 is 11.8 Å². The molecule has 36 heavy (non-hydrogen) atoms. The average molecular weight is 508 g/mol. The first kappa shape index (κ1) is 26.2. The van der Waals surface area contributed by atoms with E-state index in [4.69, 9.17) is 0 Å². The predicted molar refractivity (Wildman–Crippen MR) is 130 cm³/mol. The van der Waals surface area contributed by atoms with E-state index in [-0.39, 0.29) is 17.9 Å². The summed E-state index contributed by atoms with van der Waals surface area (Å²) < 4.78 is 52.7. The zero-order chi connectivity index (χ0) is 25.7. The Balaban J connectivity index is 1.18. The van der Waals surface area contributed by atoms with E-state index in [0.29, 0.717) is 44.4 Å². The molecule has 0 spiro atoms. The summed E-state index contributed by atoms with van der Waals surface area (Å²) in [7, 11) is 0. The van der Waals surface area contributed by atoms with Gasteiger partial charge in [-0.3, -0.25) is 4.90 Å². The summed E-state index contributed by atoms with van der Waals surface area (Å²) in [6.45, 7) is 6.46. The number of hydrogen-bond acceptors (Lipinski definition) is 4. The predicted octanol–water partition coefficient (Wildman–Crippen LogP) is 4.76. The number of hydrogen-bond donors (Lipinski definition) is 1. The first-order valence-electron chi connectivity index (χ1n) is 12.5. The van der Waals surface area contributed by atoms with Crippen LogP contribution in [0.15, 0.2) is 42.6 Å². The highest BCUT2D eigenvalue weighted by atomic mass is 19.4. The van der Waals surface area contributed by atoms with Crippen LogP contribution in [-0.2, 0) is 12.7 Å². The fourth-order valence-electron chi connectivity index (χ4n) is 5.03. The molecule has 0 bridgehead atoms. The van der Waals surface area contributed by atoms with Crippen molar-refractivity contribution in [2.24, 2.45) is 5.92 Å². The van der Waals surface area contributed by atoms with Crippen molar-refractivity contribution in [3.63, 3.8) is 0 Å². The molecule has 1 atom stereocenters. The molecule has 2 aromatic rings. The van der Waals surface area contributed by atoms with Crippen molar-refractivity contribution in [3.05, 3.63) is 59.5 Å². The quantitative estimate of drug-likeness (QED) is 0.573. The van der Waals surface area contributed by atoms with Gasteiger partial charge in [0.15, 0.2) is 11.6 Å². The molecule has 2 aliphatic heterocycles. The van der Waals surface area contributed by atoms with Gasteiger partial charge >= 0.3 is 12.2 Å². The van der Waals surface area contributed by atoms with E-state index in [2.05, 4.69) is 39.5 Å². The number of alkyl halides is 3. The monoisotopic (exact) mass is 507 g/mol. The van der Waals surface area contributed by atoms with Gasteiger partial charge in [-0.2, -0.15) is 13.2 Å². The van der Waals surface area contributed by atoms with Crippen LogP contribution in [0.3, 0.4) is 0 Å². The number of aromatic nitrogens is 1. The first-order valence-corrected chi connectivity index (χ1v) is 12.5. The van der Waals surface area contributed by atoms with E-state index in [1.165, 1.54) is 5.56 Å². The van der Waals surface area contributed by atoms with E-state index < -0.39 is 17.6 Å². The lowest BCUT2D eigenvalue weighted by Crippen LogP contribution is -2.57. The SMILES string of the molecule is C[C@@H]1CN(c2ncc(C(F)(F)F)cc2F)CCN1C(=O)NCCC1CCN(Cc2ccccc2)CC1. The summed E-state index contributed by atoms with van der Waals surface area (Å²) in [4.78, 5) is 22.2. The van der Waals surface area contributed by atoms with Gasteiger partial charge in [-0.1, -0.05) is 30.3 Å². The number of nitrogens with one attached hydrogen (secondary N) is 1. The smallest absolute Gasteiger partial charge is 0.350 e. The van der Waals surface area contributed by atoms with Gasteiger partial charge in [-0.15, -0.1) is 0 Å². The fourth-order valence-corrected chi connectivity index (χ4v) is 5.03. The van der Waals surface area contributed by atoms with Gasteiger partial charge in [0, 0.05) is 45.0 Å². The van der Waals surface area contributed by atoms with Gasteiger partial charge in [0.05, 0.1) is 5.56 Å². The standard InChI is InChI=1S/C26H33F4N5O/c1-19-17-34(24-23(27)15-22(16-32-24)26(28,29)30)13-14-35(19)25(36)31-10-7-20-8-11-33(12-9-20)18-21-5-3-2-4-6-21/h2-6,15-16,19-20H,7-14,17-18H2,1H3,(H,31,36)/t19-/m1/s1. The molecule has 0 aliphatic carbocycles. The van der Waals surface area contributed by atoms with Crippen LogP contribution in [0.5, 0.6) is 0 Å². The summed E-state index contributed by atoms with van der Waals surface area (Å²) in [6.07, 6.45) is -0.836. The topological polar surface area (TPSA) is 51.7 Å². The largest absolute Gasteiger partial charge is 0.417 e. The molecule has 6 nitrogen and oxygen atoms in total. The Hall–Kier alpha value is -2.88. The van der Waals surface area contributed by atoms with Crippen LogP contribution in [0.2, 0.25) is 0 Å². The molecule has 1 aromatic carbocycles. The van der Waals surface area contributed by atoms with E-state index >= 15 is 0 Å². The van der Waals surface area contributed by atoms with Crippen molar-refractivity contribution in [2.75, 3.05) is 44.2 Å². The van der Waals surface area contributed by atoms with Crippen LogP contribution in [0, 0.1) is 11.7 Å². The lowest BCUT2D eigenvalue weighted by Gasteiger charge is -2.40. The fraction of sp³-hybridized carbons (Fsp3) is 0.538. The van der Waals surface area contributed by atoms with Gasteiger partial charge < -0.3 is 15.1 Å². The maximum absolute atomic E-state index is 14.3. The lowest BCUT2D eigenvalue weighted by molar-refractivity contribution is -0.138. The molecular weight excluding hydrogens is 474 g/mol. The van der Waals surface area contributed by atoms with Gasteiger partial charge in [0.2, 0.25) is 0 Å². The number of urea groups is 1. The second kappa shape index (κ2) is 11.5. The van der Waals surface area contributed by atoms with Crippen LogP contribution in [0.25, 0.3) is 0 Å². The number of amides is 2. The highest BCUT2D eigenvalue weighted by molar-refractivity contribution is 5.75. The van der Waals surface area contributed by atoms with E-state index in [1.54, 1.807) is 9.80 Å². The van der Waals surface area contributed by atoms with Crippen LogP contribution >= 0.6 is 0 Å². The minimum Gasteiger partial charge on any atom is -0.350 e. The minimum absolute atomic E-state index is 0.117. The van der Waals surface area contributed by atoms with E-state index in [0.717, 1.165) is 38.9 Å². The Kier molecular flexibility index (Phi) is 8.33. The van der Waals surface area contributed by atoms with E-state index in [1.807, 2.05) is 13.0 Å². The molecule has 1 N–H and O–H groups in total. The maximum atomic E-state index is 14.3. The van der Waals surface area contributed by atoms with E-state index in [9.17, 15) is 22.4 Å². The number of rotatable bonds is 6. The Labute approximate surface area is 209 Å². The molecule has 2 aliphatic rings. The number of piperidine rings is 1. The van der Waals surface area contributed by atoms with Gasteiger partial charge in [-0.25, -0.2) is 14.2 Å². The third kappa shape index (κ3) is 6.66. The number of halogens is 4. The Bertz CT molecular complexity index is 1010. The molecule has 3 heterocycles. The van der Waals surface area contributed by atoms with Crippen LogP contribution < -0.4 is 10.2 Å². The molecule has 0 saturated carbocycles. The number of carbonyl (C=O) groups excluding carboxylic acids is 1. The Morgan fingerprint density at radius 3 is 2.47 bits per heavy atom. The second-order valence-electron chi connectivity index (χ2n) is 9.74. The number of carbonyl (C=O) groups is 1. The number of anilines is 1. The molecule has 4 rings (SSSR count). The van der Waals surface area contributed by atoms with Crippen molar-refractivity contribution in [2.45, 2.75) is 44.9 Å². The number of likely N-dealkylation sites (tertiary alicyclic amines) is 1. The summed E-state index contributed by atoms with van der Waals surface area (Å²) >= 11 is 0. The third-order valence-electron chi connectivity index (χ3n) is 7.12. The van der Waals surface area contributed by atoms with Crippen molar-refractivity contribution in [1.82, 2.24) is 20.1 Å². The zero-order valence-electron chi connectivity index (χ0n) is 20.5. The first-order chi connectivity index (χ1) is 17.2. The molecule has 1 aromatic heterocycles. The summed E-state index contributed by atoms with van der Waals surface area (Å²) in [5.41, 5.74) is 0.214. The van der Waals surface area contributed by atoms with Gasteiger partial charge in [0.25, 0.3) is 0 Å².